The van der Waals surface area contributed by atoms with Gasteiger partial charge in [-0.05, 0) is 123 Å². The molecular formula is C55H59N. The van der Waals surface area contributed by atoms with Gasteiger partial charge in [0.05, 0.1) is 0 Å². The number of aromatic amines is 1. The Hall–Kier alpha value is -5.40. The summed E-state index contributed by atoms with van der Waals surface area (Å²) in [5.74, 6) is 1.49. The molecule has 1 heteroatoms. The van der Waals surface area contributed by atoms with E-state index in [1.54, 1.807) is 5.57 Å². The van der Waals surface area contributed by atoms with Crippen LogP contribution in [0.1, 0.15) is 114 Å². The molecule has 3 atom stereocenters. The molecule has 0 amide bonds. The van der Waals surface area contributed by atoms with Gasteiger partial charge in [0.2, 0.25) is 0 Å². The van der Waals surface area contributed by atoms with Crippen LogP contribution in [0.2, 0.25) is 0 Å². The van der Waals surface area contributed by atoms with Crippen LogP contribution >= 0.6 is 0 Å². The van der Waals surface area contributed by atoms with Crippen LogP contribution in [0.5, 0.6) is 0 Å². The summed E-state index contributed by atoms with van der Waals surface area (Å²) >= 11 is 0. The van der Waals surface area contributed by atoms with Gasteiger partial charge in [0.25, 0.3) is 0 Å². The largest absolute Gasteiger partial charge is 0.361 e. The predicted molar refractivity (Wildman–Crippen MR) is 242 cm³/mol. The fraction of sp³-hybridized carbons (Fsp3) is 0.273. The lowest BCUT2D eigenvalue weighted by Crippen LogP contribution is -2.18. The van der Waals surface area contributed by atoms with Gasteiger partial charge in [-0.3, -0.25) is 0 Å². The van der Waals surface area contributed by atoms with E-state index in [2.05, 4.69) is 184 Å². The maximum atomic E-state index is 3.73. The number of rotatable bonds is 7. The number of aromatic nitrogens is 1. The third kappa shape index (κ3) is 7.70. The quantitative estimate of drug-likeness (QED) is 0.157. The smallest absolute Gasteiger partial charge is 0.0453 e. The molecule has 3 aliphatic carbocycles. The maximum Gasteiger partial charge on any atom is 0.0453 e. The zero-order chi connectivity index (χ0) is 39.2. The number of nitrogens with one attached hydrogen (secondary N) is 1. The molecule has 3 unspecified atom stereocenters. The normalized spacial score (nSPS) is 18.4. The van der Waals surface area contributed by atoms with Crippen molar-refractivity contribution in [2.45, 2.75) is 91.4 Å². The molecule has 0 fully saturated rings. The van der Waals surface area contributed by atoms with Crippen molar-refractivity contribution in [1.29, 1.82) is 0 Å². The highest BCUT2D eigenvalue weighted by molar-refractivity contribution is 5.83. The summed E-state index contributed by atoms with van der Waals surface area (Å²) in [6, 6.07) is 49.4. The summed E-state index contributed by atoms with van der Waals surface area (Å²) in [6.07, 6.45) is 14.4. The second kappa shape index (κ2) is 17.2. The third-order valence-corrected chi connectivity index (χ3v) is 12.1. The fourth-order valence-electron chi connectivity index (χ4n) is 9.18. The highest BCUT2D eigenvalue weighted by Crippen LogP contribution is 2.55. The van der Waals surface area contributed by atoms with Gasteiger partial charge in [0, 0.05) is 29.1 Å². The van der Waals surface area contributed by atoms with E-state index in [-0.39, 0.29) is 5.41 Å². The van der Waals surface area contributed by atoms with E-state index in [9.17, 15) is 0 Å². The molecule has 6 aromatic rings. The number of allylic oxidation sites excluding steroid dienone is 6. The van der Waals surface area contributed by atoms with E-state index in [4.69, 9.17) is 0 Å². The standard InChI is InChI=1S/C51H47N.2C2H6/c1-34-19-21-38(22-20-34)50(37-17-11-6-12-18-37)44-32-49(52-33-44)40-24-26-46-45-25-23-39(30-47(45)51(2,3)48(46)31-40)43-28-41(35-13-7-4-8-14-35)27-42(29-43)36-15-9-5-10-16-36;2*1-2/h4-18,21,23-25,27-34,46,50,52H,19-20,22,26H2,1-3H3;2*1-2H3. The first kappa shape index (κ1) is 38.9. The zero-order valence-corrected chi connectivity index (χ0v) is 34.6. The lowest BCUT2D eigenvalue weighted by Gasteiger charge is -2.27. The molecule has 284 valence electrons. The summed E-state index contributed by atoms with van der Waals surface area (Å²) in [4.78, 5) is 3.73. The molecule has 0 aliphatic heterocycles. The Bertz CT molecular complexity index is 2270. The van der Waals surface area contributed by atoms with Crippen molar-refractivity contribution < 1.29 is 0 Å². The van der Waals surface area contributed by atoms with E-state index < -0.39 is 0 Å². The SMILES string of the molecule is CC.CC.CC1CC=C(C(c2ccccc2)c2c[nH]c(C3=CCC4C(=C3)C(C)(C)c3cc(-c5cc(-c6ccccc6)cc(-c6ccccc6)c5)ccc34)c2)CC1. The molecule has 5 aromatic carbocycles. The summed E-state index contributed by atoms with van der Waals surface area (Å²) in [7, 11) is 0. The van der Waals surface area contributed by atoms with Gasteiger partial charge in [-0.25, -0.2) is 0 Å². The molecule has 1 aromatic heterocycles. The van der Waals surface area contributed by atoms with Crippen LogP contribution in [0.15, 0.2) is 169 Å². The highest BCUT2D eigenvalue weighted by Gasteiger charge is 2.42. The van der Waals surface area contributed by atoms with Crippen LogP contribution in [0.4, 0.5) is 0 Å². The number of benzene rings is 5. The van der Waals surface area contributed by atoms with Crippen LogP contribution in [0.3, 0.4) is 0 Å². The predicted octanol–water partition coefficient (Wildman–Crippen LogP) is 15.7. The molecule has 0 bridgehead atoms. The molecular weight excluding hydrogens is 675 g/mol. The maximum absolute atomic E-state index is 3.73. The van der Waals surface area contributed by atoms with E-state index in [1.165, 1.54) is 91.7 Å². The van der Waals surface area contributed by atoms with Gasteiger partial charge in [0.1, 0.15) is 0 Å². The van der Waals surface area contributed by atoms with Gasteiger partial charge in [-0.1, -0.05) is 181 Å². The van der Waals surface area contributed by atoms with Crippen molar-refractivity contribution in [3.05, 3.63) is 197 Å². The molecule has 56 heavy (non-hydrogen) atoms. The zero-order valence-electron chi connectivity index (χ0n) is 34.6. The van der Waals surface area contributed by atoms with Crippen LogP contribution < -0.4 is 0 Å². The molecule has 0 radical (unpaired) electrons. The Kier molecular flexibility index (Phi) is 11.9. The minimum absolute atomic E-state index is 0.0690. The Morgan fingerprint density at radius 1 is 0.589 bits per heavy atom. The second-order valence-electron chi connectivity index (χ2n) is 15.9. The Balaban J connectivity index is 0.00000117. The third-order valence-electron chi connectivity index (χ3n) is 12.1. The summed E-state index contributed by atoms with van der Waals surface area (Å²) < 4.78 is 0. The van der Waals surface area contributed by atoms with Crippen LogP contribution in [0, 0.1) is 5.92 Å². The Morgan fingerprint density at radius 2 is 1.18 bits per heavy atom. The van der Waals surface area contributed by atoms with E-state index in [0.717, 1.165) is 12.3 Å². The van der Waals surface area contributed by atoms with Crippen LogP contribution in [-0.4, -0.2) is 4.98 Å². The molecule has 0 saturated heterocycles. The fourth-order valence-corrected chi connectivity index (χ4v) is 9.18. The minimum atomic E-state index is -0.0690. The lowest BCUT2D eigenvalue weighted by molar-refractivity contribution is 0.504. The monoisotopic (exact) mass is 733 g/mol. The van der Waals surface area contributed by atoms with E-state index in [1.807, 2.05) is 27.7 Å². The average Bonchev–Trinajstić information content (AvgIpc) is 3.84. The topological polar surface area (TPSA) is 15.8 Å². The Morgan fingerprint density at radius 3 is 1.77 bits per heavy atom. The number of H-pyrrole nitrogens is 1. The summed E-state index contributed by atoms with van der Waals surface area (Å²) in [5.41, 5.74) is 18.8. The first-order valence-corrected chi connectivity index (χ1v) is 21.2. The van der Waals surface area contributed by atoms with Gasteiger partial charge in [-0.2, -0.15) is 0 Å². The van der Waals surface area contributed by atoms with Gasteiger partial charge < -0.3 is 4.98 Å². The Labute approximate surface area is 337 Å². The molecule has 0 spiro atoms. The van der Waals surface area contributed by atoms with Crippen molar-refractivity contribution >= 4 is 5.57 Å². The first-order valence-electron chi connectivity index (χ1n) is 21.2. The average molecular weight is 734 g/mol. The summed E-state index contributed by atoms with van der Waals surface area (Å²) in [6.45, 7) is 15.2. The van der Waals surface area contributed by atoms with Crippen molar-refractivity contribution in [2.24, 2.45) is 5.92 Å². The lowest BCUT2D eigenvalue weighted by atomic mass is 9.77. The minimum Gasteiger partial charge on any atom is -0.361 e. The van der Waals surface area contributed by atoms with Crippen LogP contribution in [-0.2, 0) is 5.41 Å². The number of hydrogen-bond acceptors (Lipinski definition) is 0. The molecule has 1 heterocycles. The molecule has 9 rings (SSSR count). The number of fused-ring (bicyclic) bond motifs is 3. The molecule has 1 nitrogen and oxygen atoms in total. The van der Waals surface area contributed by atoms with Crippen molar-refractivity contribution in [3.63, 3.8) is 0 Å². The first-order chi connectivity index (χ1) is 27.4. The van der Waals surface area contributed by atoms with Gasteiger partial charge in [0.15, 0.2) is 0 Å². The molecule has 0 saturated carbocycles. The van der Waals surface area contributed by atoms with Crippen molar-refractivity contribution in [3.8, 4) is 33.4 Å². The van der Waals surface area contributed by atoms with E-state index in [0.29, 0.717) is 11.8 Å². The van der Waals surface area contributed by atoms with E-state index >= 15 is 0 Å². The van der Waals surface area contributed by atoms with Crippen LogP contribution in [0.25, 0.3) is 39.0 Å². The number of hydrogen-bond donors (Lipinski definition) is 1. The molecule has 3 aliphatic rings. The van der Waals surface area contributed by atoms with Crippen molar-refractivity contribution in [2.75, 3.05) is 0 Å². The van der Waals surface area contributed by atoms with Gasteiger partial charge >= 0.3 is 0 Å². The second-order valence-corrected chi connectivity index (χ2v) is 15.9. The van der Waals surface area contributed by atoms with Crippen molar-refractivity contribution in [1.82, 2.24) is 4.98 Å². The highest BCUT2D eigenvalue weighted by atomic mass is 14.7. The summed E-state index contributed by atoms with van der Waals surface area (Å²) in [5, 5.41) is 0. The molecule has 1 N–H and O–H groups in total. The van der Waals surface area contributed by atoms with Gasteiger partial charge in [-0.15, -0.1) is 0 Å².